The maximum Gasteiger partial charge on any atom is 0.341 e. The predicted molar refractivity (Wildman–Crippen MR) is 156 cm³/mol. The van der Waals surface area contributed by atoms with Crippen molar-refractivity contribution in [2.75, 3.05) is 17.7 Å². The molecule has 3 aromatic rings. The van der Waals surface area contributed by atoms with Crippen molar-refractivity contribution < 1.29 is 19.1 Å². The third kappa shape index (κ3) is 6.98. The number of anilines is 2. The maximum absolute atomic E-state index is 13.3. The fraction of sp³-hybridized carbons (Fsp3) is 0.345. The Morgan fingerprint density at radius 1 is 1.16 bits per heavy atom. The highest BCUT2D eigenvalue weighted by molar-refractivity contribution is 8.00. The van der Waals surface area contributed by atoms with E-state index in [0.717, 1.165) is 40.2 Å². The lowest BCUT2D eigenvalue weighted by Gasteiger charge is -2.18. The summed E-state index contributed by atoms with van der Waals surface area (Å²) in [6, 6.07) is 14.6. The van der Waals surface area contributed by atoms with Gasteiger partial charge in [-0.3, -0.25) is 9.59 Å². The molecule has 0 spiro atoms. The zero-order valence-corrected chi connectivity index (χ0v) is 24.0. The summed E-state index contributed by atoms with van der Waals surface area (Å²) >= 11 is 8.84. The van der Waals surface area contributed by atoms with Crippen LogP contribution >= 0.6 is 34.7 Å². The number of esters is 1. The molecule has 0 aliphatic heterocycles. The van der Waals surface area contributed by atoms with E-state index in [1.54, 1.807) is 12.1 Å². The molecule has 2 atom stereocenters. The van der Waals surface area contributed by atoms with Crippen LogP contribution in [0.2, 0.25) is 5.02 Å². The molecule has 9 heteroatoms. The molecule has 0 saturated heterocycles. The van der Waals surface area contributed by atoms with Crippen molar-refractivity contribution >= 4 is 63.2 Å². The number of thioether (sulfide) groups is 1. The minimum atomic E-state index is -0.407. The van der Waals surface area contributed by atoms with Crippen LogP contribution in [0, 0.1) is 5.92 Å². The number of thiophene rings is 1. The van der Waals surface area contributed by atoms with Gasteiger partial charge in [-0.05, 0) is 73.1 Å². The van der Waals surface area contributed by atoms with Crippen LogP contribution in [0.15, 0.2) is 53.4 Å². The average molecular weight is 571 g/mol. The number of hydrogen-bond acceptors (Lipinski definition) is 6. The van der Waals surface area contributed by atoms with Gasteiger partial charge in [0.25, 0.3) is 0 Å². The van der Waals surface area contributed by atoms with Crippen molar-refractivity contribution in [1.29, 1.82) is 0 Å². The van der Waals surface area contributed by atoms with Crippen molar-refractivity contribution in [3.63, 3.8) is 0 Å². The van der Waals surface area contributed by atoms with E-state index in [1.165, 1.54) is 30.2 Å². The summed E-state index contributed by atoms with van der Waals surface area (Å²) in [5.74, 6) is -0.153. The quantitative estimate of drug-likeness (QED) is 0.214. The third-order valence-electron chi connectivity index (χ3n) is 6.48. The largest absolute Gasteiger partial charge is 0.465 e. The van der Waals surface area contributed by atoms with Crippen molar-refractivity contribution in [2.24, 2.45) is 5.92 Å². The monoisotopic (exact) mass is 570 g/mol. The Balaban J connectivity index is 1.43. The minimum Gasteiger partial charge on any atom is -0.465 e. The summed E-state index contributed by atoms with van der Waals surface area (Å²) in [6.45, 7) is 4.16. The van der Waals surface area contributed by atoms with E-state index in [0.29, 0.717) is 33.6 Å². The van der Waals surface area contributed by atoms with Crippen LogP contribution < -0.4 is 10.6 Å². The average Bonchev–Trinajstić information content (AvgIpc) is 3.24. The summed E-state index contributed by atoms with van der Waals surface area (Å²) in [5.41, 5.74) is 3.05. The Morgan fingerprint density at radius 2 is 1.92 bits per heavy atom. The molecule has 2 amide bonds. The number of nitrogens with one attached hydrogen (secondary N) is 2. The molecule has 38 heavy (non-hydrogen) atoms. The van der Waals surface area contributed by atoms with E-state index in [1.807, 2.05) is 43.3 Å². The van der Waals surface area contributed by atoms with Gasteiger partial charge in [-0.1, -0.05) is 43.6 Å². The van der Waals surface area contributed by atoms with E-state index < -0.39 is 5.97 Å². The molecule has 0 fully saturated rings. The first-order chi connectivity index (χ1) is 18.3. The number of halogens is 1. The first-order valence-electron chi connectivity index (χ1n) is 12.6. The molecule has 0 bridgehead atoms. The molecule has 1 aromatic heterocycles. The minimum absolute atomic E-state index is 0.134. The molecule has 2 N–H and O–H groups in total. The number of benzene rings is 2. The lowest BCUT2D eigenvalue weighted by atomic mass is 9.88. The van der Waals surface area contributed by atoms with Crippen LogP contribution in [0.4, 0.5) is 10.7 Å². The zero-order chi connectivity index (χ0) is 27.2. The first-order valence-corrected chi connectivity index (χ1v) is 14.7. The number of rotatable bonds is 9. The fourth-order valence-corrected chi connectivity index (χ4v) is 7.02. The fourth-order valence-electron chi connectivity index (χ4n) is 4.48. The highest BCUT2D eigenvalue weighted by Gasteiger charge is 2.30. The van der Waals surface area contributed by atoms with Crippen LogP contribution in [0.3, 0.4) is 0 Å². The molecule has 1 aliphatic rings. The number of methoxy groups -OCH3 is 1. The van der Waals surface area contributed by atoms with E-state index in [4.69, 9.17) is 16.3 Å². The lowest BCUT2D eigenvalue weighted by molar-refractivity contribution is -0.116. The Labute approximate surface area is 236 Å². The normalized spacial score (nSPS) is 15.3. The van der Waals surface area contributed by atoms with Gasteiger partial charge < -0.3 is 15.4 Å². The molecule has 6 nitrogen and oxygen atoms in total. The Hall–Kier alpha value is -2.81. The van der Waals surface area contributed by atoms with Crippen molar-refractivity contribution in [1.82, 2.24) is 0 Å². The van der Waals surface area contributed by atoms with Gasteiger partial charge in [0.05, 0.1) is 24.3 Å². The summed E-state index contributed by atoms with van der Waals surface area (Å²) in [5, 5.41) is 6.78. The van der Waals surface area contributed by atoms with Gasteiger partial charge >= 0.3 is 5.97 Å². The van der Waals surface area contributed by atoms with Gasteiger partial charge in [-0.2, -0.15) is 0 Å². The molecular formula is C29H31ClN2O4S2. The zero-order valence-electron chi connectivity index (χ0n) is 21.6. The highest BCUT2D eigenvalue weighted by Crippen LogP contribution is 2.40. The van der Waals surface area contributed by atoms with Gasteiger partial charge in [0.2, 0.25) is 11.8 Å². The molecule has 0 radical (unpaired) electrons. The van der Waals surface area contributed by atoms with Crippen molar-refractivity contribution in [2.45, 2.75) is 56.1 Å². The summed E-state index contributed by atoms with van der Waals surface area (Å²) in [6.07, 6.45) is 3.57. The molecule has 1 heterocycles. The van der Waals surface area contributed by atoms with Crippen molar-refractivity contribution in [3.8, 4) is 0 Å². The van der Waals surface area contributed by atoms with Gasteiger partial charge in [0, 0.05) is 20.5 Å². The van der Waals surface area contributed by atoms with Gasteiger partial charge in [-0.15, -0.1) is 23.1 Å². The molecule has 2 aromatic carbocycles. The number of carbonyl (C=O) groups is 3. The van der Waals surface area contributed by atoms with Crippen LogP contribution in [-0.2, 0) is 33.6 Å². The van der Waals surface area contributed by atoms with Gasteiger partial charge in [0.1, 0.15) is 5.00 Å². The van der Waals surface area contributed by atoms with Gasteiger partial charge in [0.15, 0.2) is 0 Å². The van der Waals surface area contributed by atoms with Crippen LogP contribution in [0.25, 0.3) is 0 Å². The van der Waals surface area contributed by atoms with Crippen LogP contribution in [0.1, 0.15) is 53.1 Å². The SMILES string of the molecule is CCC(Sc1cccc(NC(=O)Cc2ccc(Cl)cc2)c1)C(=O)Nc1sc2c(c1C(=O)OC)CCC(C)C2. The second-order valence-corrected chi connectivity index (χ2v) is 12.2. The highest BCUT2D eigenvalue weighted by atomic mass is 35.5. The van der Waals surface area contributed by atoms with E-state index in [-0.39, 0.29) is 23.5 Å². The molecule has 200 valence electrons. The Morgan fingerprint density at radius 3 is 2.63 bits per heavy atom. The van der Waals surface area contributed by atoms with Crippen LogP contribution in [-0.4, -0.2) is 30.1 Å². The second kappa shape index (κ2) is 12.8. The number of hydrogen-bond donors (Lipinski definition) is 2. The Kier molecular flexibility index (Phi) is 9.52. The lowest BCUT2D eigenvalue weighted by Crippen LogP contribution is -2.25. The molecule has 4 rings (SSSR count). The second-order valence-electron chi connectivity index (χ2n) is 9.43. The molecule has 0 saturated carbocycles. The third-order valence-corrected chi connectivity index (χ3v) is 9.26. The van der Waals surface area contributed by atoms with Gasteiger partial charge in [-0.25, -0.2) is 4.79 Å². The standard InChI is InChI=1S/C29H31ClN2O4S2/c1-4-23(27(34)32-28-26(29(35)36-3)22-13-8-17(2)14-24(22)38-28)37-21-7-5-6-20(16-21)31-25(33)15-18-9-11-19(30)12-10-18/h5-7,9-12,16-17,23H,4,8,13-15H2,1-3H3,(H,31,33)(H,32,34). The van der Waals surface area contributed by atoms with Crippen molar-refractivity contribution in [3.05, 3.63) is 75.1 Å². The Bertz CT molecular complexity index is 1320. The number of carbonyl (C=O) groups excluding carboxylic acids is 3. The number of fused-ring (bicyclic) bond motifs is 1. The van der Waals surface area contributed by atoms with E-state index >= 15 is 0 Å². The number of ether oxygens (including phenoxy) is 1. The summed E-state index contributed by atoms with van der Waals surface area (Å²) in [7, 11) is 1.37. The first kappa shape index (κ1) is 28.2. The topological polar surface area (TPSA) is 84.5 Å². The van der Waals surface area contributed by atoms with E-state index in [9.17, 15) is 14.4 Å². The molecule has 2 unspecified atom stereocenters. The molecular weight excluding hydrogens is 540 g/mol. The summed E-state index contributed by atoms with van der Waals surface area (Å²) < 4.78 is 5.05. The van der Waals surface area contributed by atoms with Crippen LogP contribution in [0.5, 0.6) is 0 Å². The maximum atomic E-state index is 13.3. The molecule has 1 aliphatic carbocycles. The number of amides is 2. The van der Waals surface area contributed by atoms with E-state index in [2.05, 4.69) is 17.6 Å². The smallest absolute Gasteiger partial charge is 0.341 e. The predicted octanol–water partition coefficient (Wildman–Crippen LogP) is 7.00. The summed E-state index contributed by atoms with van der Waals surface area (Å²) in [4.78, 5) is 40.5.